The highest BCUT2D eigenvalue weighted by atomic mass is 16.5. The summed E-state index contributed by atoms with van der Waals surface area (Å²) in [5.74, 6) is 1.20. The van der Waals surface area contributed by atoms with Gasteiger partial charge in [-0.25, -0.2) is 0 Å². The van der Waals surface area contributed by atoms with Crippen molar-refractivity contribution < 1.29 is 9.47 Å². The molecule has 0 aromatic heterocycles. The normalized spacial score (nSPS) is 23.0. The molecule has 0 atom stereocenters. The number of methoxy groups -OCH3 is 1. The molecule has 0 heterocycles. The summed E-state index contributed by atoms with van der Waals surface area (Å²) in [6.45, 7) is 1.39. The summed E-state index contributed by atoms with van der Waals surface area (Å²) in [4.78, 5) is 0. The molecule has 0 N–H and O–H groups in total. The lowest BCUT2D eigenvalue weighted by atomic mass is 10.0. The number of hydrogen-bond acceptors (Lipinski definition) is 2. The summed E-state index contributed by atoms with van der Waals surface area (Å²) >= 11 is 0. The molecule has 0 unspecified atom stereocenters. The Bertz CT molecular complexity index is 199. The first-order chi connectivity index (χ1) is 8.43. The molecule has 0 aromatic rings. The highest BCUT2D eigenvalue weighted by Gasteiger charge is 2.01. The minimum atomic E-state index is 0.692. The van der Waals surface area contributed by atoms with E-state index in [1.807, 2.05) is 0 Å². The molecule has 1 aliphatic rings. The Morgan fingerprint density at radius 1 is 0.882 bits per heavy atom. The highest BCUT2D eigenvalue weighted by molar-refractivity contribution is 4.93. The number of ether oxygens (including phenoxy) is 2. The van der Waals surface area contributed by atoms with Gasteiger partial charge in [-0.15, -0.1) is 0 Å². The van der Waals surface area contributed by atoms with Crippen LogP contribution in [-0.4, -0.2) is 20.3 Å². The van der Waals surface area contributed by atoms with Crippen LogP contribution >= 0.6 is 0 Å². The van der Waals surface area contributed by atoms with Crippen LogP contribution in [-0.2, 0) is 9.47 Å². The van der Waals surface area contributed by atoms with E-state index >= 15 is 0 Å². The molecule has 0 aromatic carbocycles. The van der Waals surface area contributed by atoms with Crippen LogP contribution in [0.25, 0.3) is 0 Å². The smallest absolute Gasteiger partial charge is 0.111 e. The molecule has 0 radical (unpaired) electrons. The van der Waals surface area contributed by atoms with Crippen LogP contribution in [0.3, 0.4) is 0 Å². The Labute approximate surface area is 106 Å². The van der Waals surface area contributed by atoms with Gasteiger partial charge in [-0.05, 0) is 25.3 Å². The van der Waals surface area contributed by atoms with Crippen molar-refractivity contribution in [2.75, 3.05) is 20.3 Å². The van der Waals surface area contributed by atoms with Gasteiger partial charge < -0.3 is 9.47 Å². The molecular weight excluding hydrogens is 212 g/mol. The second kappa shape index (κ2) is 10.6. The fourth-order valence-corrected chi connectivity index (χ4v) is 2.26. The van der Waals surface area contributed by atoms with E-state index in [0.29, 0.717) is 13.2 Å². The fourth-order valence-electron chi connectivity index (χ4n) is 2.26. The molecular formula is C15H28O2. The first kappa shape index (κ1) is 14.6. The SMILES string of the molecule is COCCO/C1=C\CCCCCCCCCC1. The van der Waals surface area contributed by atoms with Crippen LogP contribution in [0.2, 0.25) is 0 Å². The van der Waals surface area contributed by atoms with Gasteiger partial charge in [0, 0.05) is 13.5 Å². The van der Waals surface area contributed by atoms with Gasteiger partial charge in [0.05, 0.1) is 12.4 Å². The molecule has 0 saturated heterocycles. The van der Waals surface area contributed by atoms with Gasteiger partial charge >= 0.3 is 0 Å². The van der Waals surface area contributed by atoms with E-state index in [9.17, 15) is 0 Å². The van der Waals surface area contributed by atoms with Crippen molar-refractivity contribution in [3.63, 3.8) is 0 Å². The zero-order valence-corrected chi connectivity index (χ0v) is 11.4. The maximum absolute atomic E-state index is 5.76. The van der Waals surface area contributed by atoms with Gasteiger partial charge in [-0.3, -0.25) is 0 Å². The molecule has 17 heavy (non-hydrogen) atoms. The molecule has 0 amide bonds. The third-order valence-electron chi connectivity index (χ3n) is 3.32. The Kier molecular flexibility index (Phi) is 9.11. The summed E-state index contributed by atoms with van der Waals surface area (Å²) in [6.07, 6.45) is 15.6. The van der Waals surface area contributed by atoms with Gasteiger partial charge in [-0.1, -0.05) is 38.5 Å². The van der Waals surface area contributed by atoms with Crippen molar-refractivity contribution in [2.45, 2.75) is 64.2 Å². The second-order valence-electron chi connectivity index (χ2n) is 4.88. The Morgan fingerprint density at radius 2 is 1.53 bits per heavy atom. The number of rotatable bonds is 4. The molecule has 0 bridgehead atoms. The summed E-state index contributed by atoms with van der Waals surface area (Å²) < 4.78 is 10.8. The average Bonchev–Trinajstić information content (AvgIpc) is 2.32. The van der Waals surface area contributed by atoms with Crippen molar-refractivity contribution in [1.29, 1.82) is 0 Å². The van der Waals surface area contributed by atoms with E-state index in [0.717, 1.165) is 6.42 Å². The van der Waals surface area contributed by atoms with Crippen LogP contribution in [0.1, 0.15) is 64.2 Å². The third kappa shape index (κ3) is 8.25. The predicted octanol–water partition coefficient (Wildman–Crippen LogP) is 4.45. The van der Waals surface area contributed by atoms with E-state index in [1.165, 1.54) is 63.5 Å². The van der Waals surface area contributed by atoms with E-state index < -0.39 is 0 Å². The molecule has 1 rings (SSSR count). The summed E-state index contributed by atoms with van der Waals surface area (Å²) in [6, 6.07) is 0. The van der Waals surface area contributed by atoms with Crippen LogP contribution in [0.15, 0.2) is 11.8 Å². The molecule has 0 spiro atoms. The van der Waals surface area contributed by atoms with Crippen LogP contribution in [0, 0.1) is 0 Å². The van der Waals surface area contributed by atoms with Gasteiger partial charge in [0.1, 0.15) is 6.61 Å². The first-order valence-electron chi connectivity index (χ1n) is 7.24. The van der Waals surface area contributed by atoms with E-state index in [2.05, 4.69) is 6.08 Å². The Morgan fingerprint density at radius 3 is 2.24 bits per heavy atom. The quantitative estimate of drug-likeness (QED) is 0.676. The monoisotopic (exact) mass is 240 g/mol. The molecule has 1 aliphatic carbocycles. The lowest BCUT2D eigenvalue weighted by molar-refractivity contribution is 0.105. The molecule has 100 valence electrons. The summed E-state index contributed by atoms with van der Waals surface area (Å²) in [5, 5.41) is 0. The van der Waals surface area contributed by atoms with Crippen molar-refractivity contribution in [2.24, 2.45) is 0 Å². The second-order valence-corrected chi connectivity index (χ2v) is 4.88. The summed E-state index contributed by atoms with van der Waals surface area (Å²) in [7, 11) is 1.72. The van der Waals surface area contributed by atoms with E-state index in [4.69, 9.17) is 9.47 Å². The topological polar surface area (TPSA) is 18.5 Å². The molecule has 2 heteroatoms. The largest absolute Gasteiger partial charge is 0.496 e. The first-order valence-corrected chi connectivity index (χ1v) is 7.24. The van der Waals surface area contributed by atoms with E-state index in [-0.39, 0.29) is 0 Å². The zero-order valence-electron chi connectivity index (χ0n) is 11.4. The molecule has 0 saturated carbocycles. The third-order valence-corrected chi connectivity index (χ3v) is 3.32. The minimum absolute atomic E-state index is 0.692. The lowest BCUT2D eigenvalue weighted by Crippen LogP contribution is -2.02. The number of allylic oxidation sites excluding steroid dienone is 2. The molecule has 0 fully saturated rings. The average molecular weight is 240 g/mol. The van der Waals surface area contributed by atoms with Crippen LogP contribution < -0.4 is 0 Å². The number of hydrogen-bond donors (Lipinski definition) is 0. The van der Waals surface area contributed by atoms with Crippen molar-refractivity contribution in [1.82, 2.24) is 0 Å². The van der Waals surface area contributed by atoms with Crippen LogP contribution in [0.5, 0.6) is 0 Å². The highest BCUT2D eigenvalue weighted by Crippen LogP contribution is 2.17. The summed E-state index contributed by atoms with van der Waals surface area (Å²) in [5.41, 5.74) is 0. The Hall–Kier alpha value is -0.500. The van der Waals surface area contributed by atoms with Crippen molar-refractivity contribution >= 4 is 0 Å². The maximum atomic E-state index is 5.76. The van der Waals surface area contributed by atoms with Crippen molar-refractivity contribution in [3.05, 3.63) is 11.8 Å². The molecule has 0 aliphatic heterocycles. The van der Waals surface area contributed by atoms with E-state index in [1.54, 1.807) is 7.11 Å². The van der Waals surface area contributed by atoms with Crippen molar-refractivity contribution in [3.8, 4) is 0 Å². The van der Waals surface area contributed by atoms with Gasteiger partial charge in [0.2, 0.25) is 0 Å². The minimum Gasteiger partial charge on any atom is -0.496 e. The van der Waals surface area contributed by atoms with Gasteiger partial charge in [0.15, 0.2) is 0 Å². The maximum Gasteiger partial charge on any atom is 0.111 e. The zero-order chi connectivity index (χ0) is 12.2. The van der Waals surface area contributed by atoms with Gasteiger partial charge in [0.25, 0.3) is 0 Å². The van der Waals surface area contributed by atoms with Gasteiger partial charge in [-0.2, -0.15) is 0 Å². The Balaban J connectivity index is 2.28. The molecule has 2 nitrogen and oxygen atoms in total. The van der Waals surface area contributed by atoms with Crippen LogP contribution in [0.4, 0.5) is 0 Å². The predicted molar refractivity (Wildman–Crippen MR) is 72.1 cm³/mol. The standard InChI is InChI=1S/C15H28O2/c1-16-13-14-17-15-11-9-7-5-3-2-4-6-8-10-12-15/h11H,2-10,12-14H2,1H3/b15-11-. The lowest BCUT2D eigenvalue weighted by Gasteiger charge is -2.11. The fraction of sp³-hybridized carbons (Fsp3) is 0.867.